The summed E-state index contributed by atoms with van der Waals surface area (Å²) in [6.45, 7) is 1.89. The largest absolute Gasteiger partial charge is 0.493 e. The van der Waals surface area contributed by atoms with Crippen molar-refractivity contribution in [3.63, 3.8) is 0 Å². The van der Waals surface area contributed by atoms with Gasteiger partial charge in [-0.05, 0) is 18.9 Å². The van der Waals surface area contributed by atoms with Gasteiger partial charge in [0.25, 0.3) is 0 Å². The Morgan fingerprint density at radius 2 is 2.16 bits per heavy atom. The fraction of sp³-hybridized carbons (Fsp3) is 0.857. The van der Waals surface area contributed by atoms with Crippen LogP contribution in [-0.4, -0.2) is 52.9 Å². The molecule has 0 unspecified atom stereocenters. The van der Waals surface area contributed by atoms with Crippen LogP contribution in [0.3, 0.4) is 0 Å². The van der Waals surface area contributed by atoms with E-state index in [1.807, 2.05) is 6.08 Å². The maximum Gasteiger partial charge on any atom is 0.154 e. The minimum Gasteiger partial charge on any atom is -0.493 e. The van der Waals surface area contributed by atoms with Gasteiger partial charge in [-0.2, -0.15) is 0 Å². The van der Waals surface area contributed by atoms with Crippen LogP contribution >= 0.6 is 0 Å². The minimum absolute atomic E-state index is 0.122. The number of hydrogen-bond donors (Lipinski definition) is 3. The van der Waals surface area contributed by atoms with E-state index in [0.29, 0.717) is 0 Å². The molecule has 1 aliphatic rings. The van der Waals surface area contributed by atoms with Gasteiger partial charge in [-0.15, -0.1) is 0 Å². The molecule has 0 aliphatic carbocycles. The average Bonchev–Trinajstić information content (AvgIpc) is 2.78. The van der Waals surface area contributed by atoms with Gasteiger partial charge in [-0.3, -0.25) is 0 Å². The normalized spacial score (nSPS) is 28.9. The standard InChI is InChI=1S/C14H26O5/c1-2-3-4-5-6-7-8-18-14-12(17)10-19-13(14)11(16)9-15/h7-8,11-17H,2-6,9-10H2,1H3/b8-7+/t11-,12+,13-,14-/m0/s1. The monoisotopic (exact) mass is 274 g/mol. The first-order valence-corrected chi connectivity index (χ1v) is 7.09. The van der Waals surface area contributed by atoms with Crippen molar-refractivity contribution < 1.29 is 24.8 Å². The van der Waals surface area contributed by atoms with Crippen LogP contribution in [0.5, 0.6) is 0 Å². The van der Waals surface area contributed by atoms with E-state index in [4.69, 9.17) is 14.6 Å². The fourth-order valence-electron chi connectivity index (χ4n) is 2.12. The summed E-state index contributed by atoms with van der Waals surface area (Å²) in [5, 5.41) is 28.2. The summed E-state index contributed by atoms with van der Waals surface area (Å²) >= 11 is 0. The first kappa shape index (κ1) is 16.4. The molecule has 0 radical (unpaired) electrons. The molecule has 0 bridgehead atoms. The smallest absolute Gasteiger partial charge is 0.154 e. The molecule has 5 nitrogen and oxygen atoms in total. The zero-order valence-corrected chi connectivity index (χ0v) is 11.6. The third kappa shape index (κ3) is 5.48. The highest BCUT2D eigenvalue weighted by molar-refractivity contribution is 4.91. The molecule has 19 heavy (non-hydrogen) atoms. The highest BCUT2D eigenvalue weighted by Crippen LogP contribution is 2.21. The maximum atomic E-state index is 9.70. The van der Waals surface area contributed by atoms with E-state index in [-0.39, 0.29) is 6.61 Å². The van der Waals surface area contributed by atoms with Crippen LogP contribution in [0, 0.1) is 0 Å². The quantitative estimate of drug-likeness (QED) is 0.431. The molecule has 1 saturated heterocycles. The van der Waals surface area contributed by atoms with Crippen LogP contribution in [-0.2, 0) is 9.47 Å². The predicted octanol–water partition coefficient (Wildman–Crippen LogP) is 0.969. The van der Waals surface area contributed by atoms with Gasteiger partial charge >= 0.3 is 0 Å². The first-order chi connectivity index (χ1) is 9.20. The molecule has 4 atom stereocenters. The summed E-state index contributed by atoms with van der Waals surface area (Å²) in [6.07, 6.45) is 6.13. The van der Waals surface area contributed by atoms with Crippen molar-refractivity contribution in [2.24, 2.45) is 0 Å². The van der Waals surface area contributed by atoms with Crippen LogP contribution < -0.4 is 0 Å². The van der Waals surface area contributed by atoms with E-state index in [1.54, 1.807) is 6.26 Å². The van der Waals surface area contributed by atoms with E-state index in [2.05, 4.69) is 6.92 Å². The maximum absolute atomic E-state index is 9.70. The number of aliphatic hydroxyl groups is 3. The van der Waals surface area contributed by atoms with Crippen LogP contribution in [0.25, 0.3) is 0 Å². The lowest BCUT2D eigenvalue weighted by atomic mass is 10.1. The zero-order valence-electron chi connectivity index (χ0n) is 11.6. The Kier molecular flexibility index (Phi) is 8.05. The Bertz CT molecular complexity index is 256. The Morgan fingerprint density at radius 1 is 1.37 bits per heavy atom. The Balaban J connectivity index is 2.27. The van der Waals surface area contributed by atoms with Crippen molar-refractivity contribution in [2.75, 3.05) is 13.2 Å². The van der Waals surface area contributed by atoms with Crippen LogP contribution in [0.2, 0.25) is 0 Å². The summed E-state index contributed by atoms with van der Waals surface area (Å²) in [7, 11) is 0. The molecule has 0 aromatic heterocycles. The van der Waals surface area contributed by atoms with Gasteiger partial charge in [0.15, 0.2) is 6.10 Å². The van der Waals surface area contributed by atoms with E-state index in [9.17, 15) is 10.2 Å². The zero-order chi connectivity index (χ0) is 14.1. The molecule has 0 aromatic rings. The molecule has 112 valence electrons. The summed E-state index contributed by atoms with van der Waals surface area (Å²) in [5.74, 6) is 0. The first-order valence-electron chi connectivity index (χ1n) is 7.09. The molecular weight excluding hydrogens is 248 g/mol. The van der Waals surface area contributed by atoms with Crippen molar-refractivity contribution in [1.82, 2.24) is 0 Å². The van der Waals surface area contributed by atoms with Crippen LogP contribution in [0.1, 0.15) is 39.0 Å². The molecule has 1 aliphatic heterocycles. The second-order valence-corrected chi connectivity index (χ2v) is 4.94. The molecule has 0 amide bonds. The molecule has 1 fully saturated rings. The topological polar surface area (TPSA) is 79.2 Å². The van der Waals surface area contributed by atoms with Gasteiger partial charge in [-0.1, -0.05) is 26.2 Å². The molecule has 3 N–H and O–H groups in total. The highest BCUT2D eigenvalue weighted by Gasteiger charge is 2.41. The summed E-state index contributed by atoms with van der Waals surface area (Å²) < 4.78 is 10.7. The second-order valence-electron chi connectivity index (χ2n) is 4.94. The summed E-state index contributed by atoms with van der Waals surface area (Å²) in [4.78, 5) is 0. The third-order valence-corrected chi connectivity index (χ3v) is 3.29. The molecule has 1 heterocycles. The van der Waals surface area contributed by atoms with Gasteiger partial charge in [0.05, 0.1) is 19.5 Å². The van der Waals surface area contributed by atoms with E-state index in [0.717, 1.165) is 12.8 Å². The van der Waals surface area contributed by atoms with Gasteiger partial charge in [0, 0.05) is 0 Å². The number of ether oxygens (including phenoxy) is 2. The highest BCUT2D eigenvalue weighted by atomic mass is 16.6. The van der Waals surface area contributed by atoms with Crippen molar-refractivity contribution in [3.05, 3.63) is 12.3 Å². The average molecular weight is 274 g/mol. The number of unbranched alkanes of at least 4 members (excludes halogenated alkanes) is 4. The fourth-order valence-corrected chi connectivity index (χ4v) is 2.12. The Morgan fingerprint density at radius 3 is 2.84 bits per heavy atom. The number of rotatable bonds is 9. The third-order valence-electron chi connectivity index (χ3n) is 3.29. The van der Waals surface area contributed by atoms with Gasteiger partial charge in [-0.25, -0.2) is 0 Å². The Labute approximate surface area is 114 Å². The number of hydrogen-bond acceptors (Lipinski definition) is 5. The lowest BCUT2D eigenvalue weighted by Gasteiger charge is -2.22. The molecular formula is C14H26O5. The lowest BCUT2D eigenvalue weighted by Crippen LogP contribution is -2.41. The number of aliphatic hydroxyl groups excluding tert-OH is 3. The summed E-state index contributed by atoms with van der Waals surface area (Å²) in [5.41, 5.74) is 0. The summed E-state index contributed by atoms with van der Waals surface area (Å²) in [6, 6.07) is 0. The molecule has 0 aromatic carbocycles. The van der Waals surface area contributed by atoms with Crippen molar-refractivity contribution in [3.8, 4) is 0 Å². The van der Waals surface area contributed by atoms with Crippen molar-refractivity contribution in [2.45, 2.75) is 63.4 Å². The van der Waals surface area contributed by atoms with Gasteiger partial charge in [0.2, 0.25) is 0 Å². The van der Waals surface area contributed by atoms with E-state index >= 15 is 0 Å². The second kappa shape index (κ2) is 9.31. The van der Waals surface area contributed by atoms with Crippen LogP contribution in [0.4, 0.5) is 0 Å². The molecule has 1 rings (SSSR count). The Hall–Kier alpha value is -0.620. The van der Waals surface area contributed by atoms with Crippen molar-refractivity contribution in [1.29, 1.82) is 0 Å². The van der Waals surface area contributed by atoms with Gasteiger partial charge < -0.3 is 24.8 Å². The SMILES string of the molecule is CCCCCC/C=C/O[C@@H]1[C@H]([C@@H](O)CO)OC[C@H]1O. The van der Waals surface area contributed by atoms with E-state index < -0.39 is 31.0 Å². The van der Waals surface area contributed by atoms with Crippen molar-refractivity contribution >= 4 is 0 Å². The van der Waals surface area contributed by atoms with Crippen LogP contribution in [0.15, 0.2) is 12.3 Å². The molecule has 5 heteroatoms. The van der Waals surface area contributed by atoms with E-state index in [1.165, 1.54) is 19.3 Å². The molecule has 0 spiro atoms. The lowest BCUT2D eigenvalue weighted by molar-refractivity contribution is -0.0721. The van der Waals surface area contributed by atoms with Gasteiger partial charge in [0.1, 0.15) is 18.3 Å². The number of allylic oxidation sites excluding steroid dienone is 1. The predicted molar refractivity (Wildman–Crippen MR) is 71.6 cm³/mol. The minimum atomic E-state index is -1.03. The molecule has 0 saturated carbocycles.